The van der Waals surface area contributed by atoms with Crippen LogP contribution in [0.15, 0.2) is 138 Å². The summed E-state index contributed by atoms with van der Waals surface area (Å²) in [4.78, 5) is 11.1. The number of nitrogens with two attached hydrogens (primary N) is 1. The van der Waals surface area contributed by atoms with Crippen molar-refractivity contribution in [2.24, 2.45) is 20.5 Å². The number of nitrogens with zero attached hydrogens (tertiary/aromatic N) is 4. The van der Waals surface area contributed by atoms with E-state index >= 15 is 0 Å². The van der Waals surface area contributed by atoms with Crippen molar-refractivity contribution in [1.29, 1.82) is 0 Å². The third kappa shape index (κ3) is 11.2. The van der Waals surface area contributed by atoms with Crippen LogP contribution >= 0.6 is 0 Å². The summed E-state index contributed by atoms with van der Waals surface area (Å²) in [6.45, 7) is 0. The van der Waals surface area contributed by atoms with Gasteiger partial charge in [-0.05, 0) is 95.0 Å². The molecule has 26 heteroatoms. The van der Waals surface area contributed by atoms with Gasteiger partial charge in [0.1, 0.15) is 38.3 Å². The summed E-state index contributed by atoms with van der Waals surface area (Å²) in [7, 11) is -13.2. The van der Waals surface area contributed by atoms with Crippen LogP contribution in [0.1, 0.15) is 0 Å². The number of amides is 2. The summed E-state index contributed by atoms with van der Waals surface area (Å²) in [6.07, 6.45) is 0. The fourth-order valence-electron chi connectivity index (χ4n) is 6.24. The fraction of sp³-hybridized carbons (Fsp3) is 0.0263. The molecule has 7 aromatic carbocycles. The summed E-state index contributed by atoms with van der Waals surface area (Å²) in [5.74, 6) is -1.06. The van der Waals surface area contributed by atoms with Crippen LogP contribution in [0, 0.1) is 0 Å². The van der Waals surface area contributed by atoms with Gasteiger partial charge in [0.25, 0.3) is 30.4 Å². The number of methoxy groups -OCH3 is 1. The molecule has 64 heavy (non-hydrogen) atoms. The molecule has 2 amide bonds. The Labute approximate surface area is 430 Å². The van der Waals surface area contributed by atoms with E-state index in [-0.39, 0.29) is 149 Å². The number of ether oxygens (including phenoxy) is 1. The summed E-state index contributed by atoms with van der Waals surface area (Å²) in [5, 5.41) is 43.8. The van der Waals surface area contributed by atoms with Gasteiger partial charge in [-0.25, -0.2) is 4.79 Å². The molecule has 3 radical (unpaired) electrons. The zero-order chi connectivity index (χ0) is 44.0. The molecule has 0 heterocycles. The van der Waals surface area contributed by atoms with Gasteiger partial charge in [-0.15, -0.1) is 20.5 Å². The van der Waals surface area contributed by atoms with Crippen molar-refractivity contribution in [2.45, 2.75) is 14.7 Å². The van der Waals surface area contributed by atoms with Crippen LogP contribution in [-0.2, 0) is 30.4 Å². The van der Waals surface area contributed by atoms with Crippen molar-refractivity contribution >= 4 is 197 Å². The molecule has 9 N–H and O–H groups in total. The number of phenols is 2. The molecule has 0 atom stereocenters. The minimum absolute atomic E-state index is 0. The van der Waals surface area contributed by atoms with E-state index in [9.17, 15) is 53.9 Å². The van der Waals surface area contributed by atoms with Crippen LogP contribution in [0.2, 0.25) is 0 Å². The van der Waals surface area contributed by atoms with Gasteiger partial charge in [-0.3, -0.25) is 13.7 Å². The third-order valence-electron chi connectivity index (χ3n) is 9.06. The average molecular weight is 957 g/mol. The number of aromatic hydroxyl groups is 2. The second kappa shape index (κ2) is 20.5. The first-order chi connectivity index (χ1) is 28.7. The molecule has 0 aliphatic carbocycles. The van der Waals surface area contributed by atoms with Crippen molar-refractivity contribution in [3.63, 3.8) is 0 Å². The molecule has 0 bridgehead atoms. The summed E-state index contributed by atoms with van der Waals surface area (Å²) >= 11 is 0. The Kier molecular flexibility index (Phi) is 16.8. The molecule has 0 aromatic heterocycles. The Morgan fingerprint density at radius 2 is 1.05 bits per heavy atom. The van der Waals surface area contributed by atoms with E-state index in [1.165, 1.54) is 67.8 Å². The third-order valence-corrected chi connectivity index (χ3v) is 11.6. The summed E-state index contributed by atoms with van der Waals surface area (Å²) in [5.41, 5.74) is 5.21. The standard InChI is InChI=1S/C38H29N7O13S3.3Na/c1-58-30-5-3-2-4-29(30)42-44-34-31(60(52,53)54)17-20-14-22(7-10-26(20)36(34)46)40-38(48)41-23-8-11-27-21(15-23)18-32(61(55,56)57)35(37(27)47)45-43-33-25-12-9-24(59(49,50)51)16-19(25)6-13-28(33)39;;;/h2-18,46-47H,39H2,1H3,(H2,40,41,48)(H,49,50,51)(H,52,53,54)(H,55,56,57);;;. The fourth-order valence-corrected chi connectivity index (χ4v) is 8.07. The van der Waals surface area contributed by atoms with E-state index in [1.54, 1.807) is 18.2 Å². The minimum atomic E-state index is -5.08. The summed E-state index contributed by atoms with van der Waals surface area (Å²) < 4.78 is 108. The molecule has 7 aromatic rings. The number of carbonyl (C=O) groups excluding carboxylic acids is 1. The van der Waals surface area contributed by atoms with Gasteiger partial charge in [0.05, 0.1) is 17.7 Å². The Bertz CT molecular complexity index is 3420. The van der Waals surface area contributed by atoms with E-state index in [2.05, 4.69) is 31.1 Å². The van der Waals surface area contributed by atoms with E-state index < -0.39 is 73.9 Å². The minimum Gasteiger partial charge on any atom is -0.505 e. The van der Waals surface area contributed by atoms with Crippen LogP contribution in [0.3, 0.4) is 0 Å². The van der Waals surface area contributed by atoms with Gasteiger partial charge in [0.2, 0.25) is 0 Å². The van der Waals surface area contributed by atoms with Crippen LogP contribution in [0.25, 0.3) is 32.3 Å². The van der Waals surface area contributed by atoms with Gasteiger partial charge in [0.15, 0.2) is 11.5 Å². The quantitative estimate of drug-likeness (QED) is 0.0290. The number of hydrogen-bond acceptors (Lipinski definition) is 15. The van der Waals surface area contributed by atoms with E-state index in [0.717, 1.165) is 24.3 Å². The number of urea groups is 1. The number of hydrogen-bond donors (Lipinski definition) is 8. The molecular weight excluding hydrogens is 928 g/mol. The second-order valence-corrected chi connectivity index (χ2v) is 17.2. The van der Waals surface area contributed by atoms with Crippen LogP contribution in [-0.4, -0.2) is 151 Å². The predicted molar refractivity (Wildman–Crippen MR) is 240 cm³/mol. The number of nitrogen functional groups attached to an aromatic ring is 1. The van der Waals surface area contributed by atoms with Gasteiger partial charge in [-0.1, -0.05) is 24.3 Å². The molecule has 7 rings (SSSR count). The van der Waals surface area contributed by atoms with Gasteiger partial charge in [-0.2, -0.15) is 25.3 Å². The van der Waals surface area contributed by atoms with E-state index in [1.807, 2.05) is 0 Å². The van der Waals surface area contributed by atoms with Crippen LogP contribution in [0.4, 0.5) is 44.6 Å². The number of carbonyl (C=O) groups is 1. The first-order valence-corrected chi connectivity index (χ1v) is 21.4. The van der Waals surface area contributed by atoms with Gasteiger partial charge >= 0.3 is 6.03 Å². The maximum atomic E-state index is 13.1. The van der Waals surface area contributed by atoms with Crippen molar-refractivity contribution < 1.29 is 58.7 Å². The number of anilines is 3. The van der Waals surface area contributed by atoms with E-state index in [4.69, 9.17) is 10.5 Å². The molecular formula is C38H29N7Na3O13S3. The second-order valence-electron chi connectivity index (χ2n) is 13.0. The number of fused-ring (bicyclic) bond motifs is 3. The molecule has 20 nitrogen and oxygen atoms in total. The Balaban J connectivity index is 0.00000299. The predicted octanol–water partition coefficient (Wildman–Crippen LogP) is 7.22. The Morgan fingerprint density at radius 1 is 0.562 bits per heavy atom. The average Bonchev–Trinajstić information content (AvgIpc) is 3.19. The number of nitrogens with one attached hydrogen (secondary N) is 2. The summed E-state index contributed by atoms with van der Waals surface area (Å²) in [6, 6.07) is 21.9. The van der Waals surface area contributed by atoms with Crippen LogP contribution in [0.5, 0.6) is 17.2 Å². The van der Waals surface area contributed by atoms with Crippen molar-refractivity contribution in [3.05, 3.63) is 103 Å². The molecule has 0 fully saturated rings. The van der Waals surface area contributed by atoms with Crippen molar-refractivity contribution in [1.82, 2.24) is 0 Å². The van der Waals surface area contributed by atoms with Crippen LogP contribution < -0.4 is 21.1 Å². The molecule has 315 valence electrons. The zero-order valence-electron chi connectivity index (χ0n) is 33.9. The van der Waals surface area contributed by atoms with Crippen molar-refractivity contribution in [3.8, 4) is 17.2 Å². The number of phenolic OH excluding ortho intramolecular Hbond substituents is 2. The topological polar surface area (TPSA) is 329 Å². The number of benzene rings is 7. The zero-order valence-corrected chi connectivity index (χ0v) is 42.4. The number of para-hydroxylation sites is 1. The normalized spacial score (nSPS) is 11.9. The smallest absolute Gasteiger partial charge is 0.323 e. The molecule has 0 saturated carbocycles. The van der Waals surface area contributed by atoms with E-state index in [0.29, 0.717) is 5.75 Å². The monoisotopic (exact) mass is 956 g/mol. The molecule has 0 unspecified atom stereocenters. The van der Waals surface area contributed by atoms with Crippen molar-refractivity contribution in [2.75, 3.05) is 23.5 Å². The number of rotatable bonds is 10. The molecule has 0 aliphatic heterocycles. The molecule has 0 saturated heterocycles. The van der Waals surface area contributed by atoms with Gasteiger partial charge in [0, 0.05) is 116 Å². The maximum Gasteiger partial charge on any atom is 0.323 e. The number of azo groups is 2. The Morgan fingerprint density at radius 3 is 1.55 bits per heavy atom. The largest absolute Gasteiger partial charge is 0.505 e. The van der Waals surface area contributed by atoms with Gasteiger partial charge < -0.3 is 31.3 Å². The Hall–Kier alpha value is -4.28. The SMILES string of the molecule is COc1ccccc1N=Nc1c(S(=O)(=O)O)cc2cc(NC(=O)Nc3ccc4c(O)c(N=Nc5c(N)ccc6cc(S(=O)(=O)O)ccc56)c(S(=O)(=O)O)cc4c3)ccc2c1O.[Na].[Na].[Na]. The molecule has 0 spiro atoms. The first kappa shape index (κ1) is 52.3. The maximum absolute atomic E-state index is 13.1. The molecule has 0 aliphatic rings. The first-order valence-electron chi connectivity index (χ1n) is 17.1.